The lowest BCUT2D eigenvalue weighted by molar-refractivity contribution is 0.105. The Morgan fingerprint density at radius 3 is 2.61 bits per heavy atom. The molecule has 170 valence electrons. The molecule has 31 heavy (non-hydrogen) atoms. The van der Waals surface area contributed by atoms with E-state index in [1.54, 1.807) is 27.5 Å². The second-order valence-corrected chi connectivity index (χ2v) is 7.41. The number of nitrogens with zero attached hydrogens (tertiary/aromatic N) is 2. The third-order valence-corrected chi connectivity index (χ3v) is 5.32. The summed E-state index contributed by atoms with van der Waals surface area (Å²) in [6.45, 7) is 5.71. The van der Waals surface area contributed by atoms with E-state index in [4.69, 9.17) is 18.6 Å². The highest BCUT2D eigenvalue weighted by Gasteiger charge is 2.19. The number of guanidine groups is 1. The van der Waals surface area contributed by atoms with E-state index in [0.717, 1.165) is 68.8 Å². The van der Waals surface area contributed by atoms with Gasteiger partial charge in [-0.15, -0.1) is 0 Å². The molecule has 0 saturated heterocycles. The zero-order chi connectivity index (χ0) is 21.9. The highest BCUT2D eigenvalue weighted by atomic mass is 16.5. The minimum atomic E-state index is 0.512. The SMILES string of the molecule is CN=C(NCCCOCc1ccco1)NCCN1CCc2cc(OC)c(OC)cc2C1. The Hall–Kier alpha value is -2.71. The van der Waals surface area contributed by atoms with Crippen LogP contribution in [0, 0.1) is 0 Å². The van der Waals surface area contributed by atoms with E-state index in [-0.39, 0.29) is 0 Å². The minimum Gasteiger partial charge on any atom is -0.493 e. The molecular weight excluding hydrogens is 396 g/mol. The van der Waals surface area contributed by atoms with Crippen molar-refractivity contribution >= 4 is 5.96 Å². The predicted molar refractivity (Wildman–Crippen MR) is 121 cm³/mol. The summed E-state index contributed by atoms with van der Waals surface area (Å²) < 4.78 is 21.7. The molecule has 0 radical (unpaired) electrons. The quantitative estimate of drug-likeness (QED) is 0.322. The summed E-state index contributed by atoms with van der Waals surface area (Å²) in [5.74, 6) is 3.26. The van der Waals surface area contributed by atoms with Crippen molar-refractivity contribution in [1.29, 1.82) is 0 Å². The molecule has 0 amide bonds. The molecule has 0 bridgehead atoms. The van der Waals surface area contributed by atoms with Crippen LogP contribution in [0.1, 0.15) is 23.3 Å². The molecular formula is C23H34N4O4. The fourth-order valence-electron chi connectivity index (χ4n) is 3.63. The molecule has 8 nitrogen and oxygen atoms in total. The Labute approximate surface area is 184 Å². The standard InChI is InChI=1S/C23H34N4O4/c1-24-23(25-8-5-12-30-17-20-6-4-13-31-20)26-9-11-27-10-7-18-14-21(28-2)22(29-3)15-19(18)16-27/h4,6,13-15H,5,7-12,16-17H2,1-3H3,(H2,24,25,26). The number of rotatable bonds is 11. The van der Waals surface area contributed by atoms with Crippen LogP contribution in [0.3, 0.4) is 0 Å². The van der Waals surface area contributed by atoms with Gasteiger partial charge in [-0.3, -0.25) is 9.89 Å². The number of benzene rings is 1. The summed E-state index contributed by atoms with van der Waals surface area (Å²) in [5, 5.41) is 6.72. The maximum atomic E-state index is 5.60. The molecule has 8 heteroatoms. The number of methoxy groups -OCH3 is 2. The average Bonchev–Trinajstić information content (AvgIpc) is 3.32. The van der Waals surface area contributed by atoms with Crippen LogP contribution in [-0.2, 0) is 24.3 Å². The molecule has 3 rings (SSSR count). The van der Waals surface area contributed by atoms with Crippen LogP contribution >= 0.6 is 0 Å². The van der Waals surface area contributed by atoms with E-state index in [2.05, 4.69) is 32.7 Å². The first kappa shape index (κ1) is 23.0. The van der Waals surface area contributed by atoms with Crippen LogP contribution in [0.4, 0.5) is 0 Å². The molecule has 2 aromatic rings. The van der Waals surface area contributed by atoms with E-state index in [0.29, 0.717) is 13.2 Å². The molecule has 0 unspecified atom stereocenters. The van der Waals surface area contributed by atoms with Gasteiger partial charge in [0.1, 0.15) is 12.4 Å². The summed E-state index contributed by atoms with van der Waals surface area (Å²) in [6, 6.07) is 7.99. The normalized spacial score (nSPS) is 14.2. The first-order chi connectivity index (χ1) is 15.2. The highest BCUT2D eigenvalue weighted by Crippen LogP contribution is 2.33. The third kappa shape index (κ3) is 6.90. The van der Waals surface area contributed by atoms with Crippen LogP contribution in [0.5, 0.6) is 11.5 Å². The highest BCUT2D eigenvalue weighted by molar-refractivity contribution is 5.79. The van der Waals surface area contributed by atoms with Crippen LogP contribution < -0.4 is 20.1 Å². The van der Waals surface area contributed by atoms with Gasteiger partial charge in [0, 0.05) is 46.4 Å². The van der Waals surface area contributed by atoms with Crippen molar-refractivity contribution in [2.24, 2.45) is 4.99 Å². The fourth-order valence-corrected chi connectivity index (χ4v) is 3.63. The molecule has 2 heterocycles. The van der Waals surface area contributed by atoms with Crippen molar-refractivity contribution in [2.75, 3.05) is 54.1 Å². The average molecular weight is 431 g/mol. The molecule has 0 saturated carbocycles. The van der Waals surface area contributed by atoms with Crippen molar-refractivity contribution in [1.82, 2.24) is 15.5 Å². The van der Waals surface area contributed by atoms with Gasteiger partial charge >= 0.3 is 0 Å². The van der Waals surface area contributed by atoms with Gasteiger partial charge in [0.05, 0.1) is 20.5 Å². The zero-order valence-corrected chi connectivity index (χ0v) is 18.8. The smallest absolute Gasteiger partial charge is 0.191 e. The Balaban J connectivity index is 1.32. The number of ether oxygens (including phenoxy) is 3. The zero-order valence-electron chi connectivity index (χ0n) is 18.8. The van der Waals surface area contributed by atoms with Gasteiger partial charge in [0.25, 0.3) is 0 Å². The first-order valence-electron chi connectivity index (χ1n) is 10.7. The number of fused-ring (bicyclic) bond motifs is 1. The molecule has 1 aromatic carbocycles. The van der Waals surface area contributed by atoms with Crippen LogP contribution in [-0.4, -0.2) is 64.9 Å². The Morgan fingerprint density at radius 1 is 1.13 bits per heavy atom. The summed E-state index contributed by atoms with van der Waals surface area (Å²) in [5.41, 5.74) is 2.65. The molecule has 1 aromatic heterocycles. The lowest BCUT2D eigenvalue weighted by Gasteiger charge is -2.29. The van der Waals surface area contributed by atoms with E-state index < -0.39 is 0 Å². The number of hydrogen-bond donors (Lipinski definition) is 2. The van der Waals surface area contributed by atoms with Gasteiger partial charge in [-0.05, 0) is 48.2 Å². The molecule has 0 atom stereocenters. The number of nitrogens with one attached hydrogen (secondary N) is 2. The largest absolute Gasteiger partial charge is 0.493 e. The lowest BCUT2D eigenvalue weighted by Crippen LogP contribution is -2.43. The Morgan fingerprint density at radius 2 is 1.90 bits per heavy atom. The van der Waals surface area contributed by atoms with Crippen molar-refractivity contribution in [3.63, 3.8) is 0 Å². The van der Waals surface area contributed by atoms with Crippen LogP contribution in [0.25, 0.3) is 0 Å². The third-order valence-electron chi connectivity index (χ3n) is 5.32. The van der Waals surface area contributed by atoms with Gasteiger partial charge in [0.15, 0.2) is 17.5 Å². The van der Waals surface area contributed by atoms with Crippen LogP contribution in [0.15, 0.2) is 39.9 Å². The second-order valence-electron chi connectivity index (χ2n) is 7.41. The summed E-state index contributed by atoms with van der Waals surface area (Å²) >= 11 is 0. The number of aliphatic imine (C=N–C) groups is 1. The van der Waals surface area contributed by atoms with Crippen molar-refractivity contribution in [3.8, 4) is 11.5 Å². The minimum absolute atomic E-state index is 0.512. The molecule has 1 aliphatic heterocycles. The molecule has 0 fully saturated rings. The van der Waals surface area contributed by atoms with Crippen molar-refractivity contribution in [3.05, 3.63) is 47.4 Å². The van der Waals surface area contributed by atoms with Crippen molar-refractivity contribution < 1.29 is 18.6 Å². The lowest BCUT2D eigenvalue weighted by atomic mass is 9.99. The van der Waals surface area contributed by atoms with Crippen LogP contribution in [0.2, 0.25) is 0 Å². The van der Waals surface area contributed by atoms with Gasteiger partial charge in [-0.1, -0.05) is 0 Å². The molecule has 2 N–H and O–H groups in total. The summed E-state index contributed by atoms with van der Waals surface area (Å²) in [6.07, 6.45) is 3.57. The topological polar surface area (TPSA) is 80.5 Å². The first-order valence-corrected chi connectivity index (χ1v) is 10.7. The van der Waals surface area contributed by atoms with Gasteiger partial charge in [0.2, 0.25) is 0 Å². The van der Waals surface area contributed by atoms with E-state index in [1.807, 2.05) is 12.1 Å². The number of furan rings is 1. The van der Waals surface area contributed by atoms with Crippen molar-refractivity contribution in [2.45, 2.75) is 26.0 Å². The maximum Gasteiger partial charge on any atom is 0.191 e. The Bertz CT molecular complexity index is 823. The fraction of sp³-hybridized carbons (Fsp3) is 0.522. The van der Waals surface area contributed by atoms with E-state index in [9.17, 15) is 0 Å². The van der Waals surface area contributed by atoms with Gasteiger partial charge < -0.3 is 29.3 Å². The van der Waals surface area contributed by atoms with E-state index >= 15 is 0 Å². The monoisotopic (exact) mass is 430 g/mol. The summed E-state index contributed by atoms with van der Waals surface area (Å²) in [4.78, 5) is 6.74. The van der Waals surface area contributed by atoms with Gasteiger partial charge in [-0.25, -0.2) is 0 Å². The maximum absolute atomic E-state index is 5.60. The van der Waals surface area contributed by atoms with Gasteiger partial charge in [-0.2, -0.15) is 0 Å². The second kappa shape index (κ2) is 12.2. The Kier molecular flexibility index (Phi) is 9.05. The molecule has 0 aliphatic carbocycles. The summed E-state index contributed by atoms with van der Waals surface area (Å²) in [7, 11) is 5.15. The molecule has 0 spiro atoms. The number of hydrogen-bond acceptors (Lipinski definition) is 6. The predicted octanol–water partition coefficient (Wildman–Crippen LogP) is 2.43. The van der Waals surface area contributed by atoms with E-state index in [1.165, 1.54) is 11.1 Å². The molecule has 1 aliphatic rings.